The average Bonchev–Trinajstić information content (AvgIpc) is 3.26. The number of hydrogen-bond acceptors (Lipinski definition) is 6. The predicted molar refractivity (Wildman–Crippen MR) is 134 cm³/mol. The molecule has 3 heterocycles. The lowest BCUT2D eigenvalue weighted by molar-refractivity contribution is -0.119. The molecule has 0 bridgehead atoms. The number of aromatic nitrogens is 3. The first-order valence-corrected chi connectivity index (χ1v) is 15.5. The highest BCUT2D eigenvalue weighted by atomic mass is 28.4. The first kappa shape index (κ1) is 25.8. The van der Waals surface area contributed by atoms with Crippen molar-refractivity contribution >= 4 is 20.0 Å². The fraction of sp³-hybridized carbons (Fsp3) is 0.640. The Morgan fingerprint density at radius 3 is 2.83 bits per heavy atom. The summed E-state index contributed by atoms with van der Waals surface area (Å²) in [5.74, 6) is 0.767. The van der Waals surface area contributed by atoms with Crippen LogP contribution in [0.2, 0.25) is 18.6 Å². The van der Waals surface area contributed by atoms with Crippen molar-refractivity contribution in [2.24, 2.45) is 5.92 Å². The fourth-order valence-corrected chi connectivity index (χ4v) is 7.43. The largest absolute Gasteiger partial charge is 0.490 e. The van der Waals surface area contributed by atoms with E-state index in [4.69, 9.17) is 14.6 Å². The molecule has 4 atom stereocenters. The van der Waals surface area contributed by atoms with E-state index in [1.807, 2.05) is 29.3 Å². The molecule has 4 rings (SSSR count). The zero-order valence-electron chi connectivity index (χ0n) is 21.1. The van der Waals surface area contributed by atoms with Crippen LogP contribution in [0.25, 0.3) is 0 Å². The van der Waals surface area contributed by atoms with E-state index in [0.717, 1.165) is 36.3 Å². The molecular formula is C25H37FN4O4Si. The van der Waals surface area contributed by atoms with Gasteiger partial charge in [-0.1, -0.05) is 12.1 Å². The van der Waals surface area contributed by atoms with Crippen molar-refractivity contribution in [1.29, 1.82) is 0 Å². The molecule has 0 radical (unpaired) electrons. The third kappa shape index (κ3) is 5.59. The van der Waals surface area contributed by atoms with E-state index in [1.165, 1.54) is 0 Å². The molecule has 2 aliphatic rings. The van der Waals surface area contributed by atoms with Gasteiger partial charge in [0.15, 0.2) is 0 Å². The van der Waals surface area contributed by atoms with Gasteiger partial charge in [0.1, 0.15) is 11.9 Å². The van der Waals surface area contributed by atoms with E-state index in [2.05, 4.69) is 17.2 Å². The molecule has 1 saturated heterocycles. The van der Waals surface area contributed by atoms with Gasteiger partial charge in [0.25, 0.3) is 0 Å². The number of ether oxygens (including phenoxy) is 2. The molecule has 0 saturated carbocycles. The summed E-state index contributed by atoms with van der Waals surface area (Å²) >= 11 is 0. The van der Waals surface area contributed by atoms with Crippen LogP contribution in [0.1, 0.15) is 50.0 Å². The highest BCUT2D eigenvalue weighted by molar-refractivity contribution is 6.72. The first-order chi connectivity index (χ1) is 16.7. The second-order valence-corrected chi connectivity index (χ2v) is 14.1. The molecule has 192 valence electrons. The molecule has 2 aromatic rings. The van der Waals surface area contributed by atoms with Crippen molar-refractivity contribution in [2.75, 3.05) is 25.2 Å². The number of nitrogens with zero attached hydrogens (tertiary/aromatic N) is 4. The number of rotatable bonds is 9. The molecule has 1 aromatic heterocycles. The third-order valence-electron chi connectivity index (χ3n) is 7.35. The third-order valence-corrected chi connectivity index (χ3v) is 9.73. The minimum atomic E-state index is -3.12. The molecule has 1 fully saturated rings. The second-order valence-electron chi connectivity index (χ2n) is 10.2. The fourth-order valence-electron chi connectivity index (χ4n) is 5.46. The Bertz CT molecular complexity index is 1030. The van der Waals surface area contributed by atoms with Crippen molar-refractivity contribution in [3.8, 4) is 5.75 Å². The molecule has 0 spiro atoms. The van der Waals surface area contributed by atoms with Crippen LogP contribution in [0.4, 0.5) is 9.80 Å². The SMILES string of the molecule is CO[C@H]1c2cc(N3CCCCC3=O)ccc2O[C@@H](C(CCn2cc(CCO)nn2)[Si](C)(C)F)[C@@H]1C. The average molecular weight is 505 g/mol. The van der Waals surface area contributed by atoms with E-state index in [9.17, 15) is 4.79 Å². The van der Waals surface area contributed by atoms with E-state index in [-0.39, 0.29) is 36.2 Å². The Labute approximate surface area is 207 Å². The van der Waals surface area contributed by atoms with Crippen LogP contribution in [-0.4, -0.2) is 60.8 Å². The van der Waals surface area contributed by atoms with Crippen LogP contribution in [0.3, 0.4) is 0 Å². The quantitative estimate of drug-likeness (QED) is 0.409. The Morgan fingerprint density at radius 1 is 1.34 bits per heavy atom. The molecule has 10 heteroatoms. The number of carbonyl (C=O) groups excluding carboxylic acids is 1. The number of methoxy groups -OCH3 is 1. The maximum absolute atomic E-state index is 15.7. The van der Waals surface area contributed by atoms with Crippen LogP contribution in [0.5, 0.6) is 5.75 Å². The van der Waals surface area contributed by atoms with Crippen LogP contribution in [0.15, 0.2) is 24.4 Å². The minimum absolute atomic E-state index is 0.0185. The number of halogens is 1. The molecule has 1 unspecified atom stereocenters. The zero-order chi connectivity index (χ0) is 25.2. The van der Waals surface area contributed by atoms with Gasteiger partial charge in [-0.3, -0.25) is 9.48 Å². The summed E-state index contributed by atoms with van der Waals surface area (Å²) in [5, 5.41) is 17.3. The van der Waals surface area contributed by atoms with Crippen LogP contribution >= 0.6 is 0 Å². The Kier molecular flexibility index (Phi) is 7.92. The van der Waals surface area contributed by atoms with Gasteiger partial charge in [0.2, 0.25) is 14.3 Å². The van der Waals surface area contributed by atoms with Gasteiger partial charge in [-0.25, -0.2) is 0 Å². The summed E-state index contributed by atoms with van der Waals surface area (Å²) in [6.07, 6.45) is 4.73. The van der Waals surface area contributed by atoms with Crippen molar-refractivity contribution in [3.05, 3.63) is 35.7 Å². The maximum Gasteiger partial charge on any atom is 0.247 e. The molecule has 8 nitrogen and oxygen atoms in total. The van der Waals surface area contributed by atoms with Crippen molar-refractivity contribution < 1.29 is 23.5 Å². The van der Waals surface area contributed by atoms with Crippen LogP contribution in [0, 0.1) is 5.92 Å². The monoisotopic (exact) mass is 504 g/mol. The highest BCUT2D eigenvalue weighted by Gasteiger charge is 2.47. The van der Waals surface area contributed by atoms with Gasteiger partial charge in [-0.2, -0.15) is 0 Å². The summed E-state index contributed by atoms with van der Waals surface area (Å²) in [6.45, 7) is 6.78. The van der Waals surface area contributed by atoms with Gasteiger partial charge in [0, 0.05) is 68.6 Å². The lowest BCUT2D eigenvalue weighted by atomic mass is 9.86. The Morgan fingerprint density at radius 2 is 2.14 bits per heavy atom. The van der Waals surface area contributed by atoms with Gasteiger partial charge < -0.3 is 23.6 Å². The van der Waals surface area contributed by atoms with E-state index >= 15 is 4.11 Å². The summed E-state index contributed by atoms with van der Waals surface area (Å²) in [5.41, 5.74) is 2.22. The van der Waals surface area contributed by atoms with Crippen molar-refractivity contribution in [3.63, 3.8) is 0 Å². The number of benzene rings is 1. The zero-order valence-corrected chi connectivity index (χ0v) is 22.1. The number of piperidine rings is 1. The van der Waals surface area contributed by atoms with E-state index in [0.29, 0.717) is 31.6 Å². The molecule has 1 aromatic carbocycles. The van der Waals surface area contributed by atoms with Crippen LogP contribution in [-0.2, 0) is 22.5 Å². The molecular weight excluding hydrogens is 467 g/mol. The second kappa shape index (κ2) is 10.8. The molecule has 1 amide bonds. The number of amides is 1. The molecule has 0 aliphatic carbocycles. The molecule has 1 N–H and O–H groups in total. The van der Waals surface area contributed by atoms with Crippen molar-refractivity contribution in [1.82, 2.24) is 15.0 Å². The topological polar surface area (TPSA) is 89.7 Å². The van der Waals surface area contributed by atoms with Gasteiger partial charge in [-0.05, 0) is 50.6 Å². The first-order valence-electron chi connectivity index (χ1n) is 12.6. The number of anilines is 1. The van der Waals surface area contributed by atoms with E-state index in [1.54, 1.807) is 24.9 Å². The summed E-state index contributed by atoms with van der Waals surface area (Å²) in [6, 6.07) is 5.83. The summed E-state index contributed by atoms with van der Waals surface area (Å²) < 4.78 is 29.9. The van der Waals surface area contributed by atoms with Crippen LogP contribution < -0.4 is 9.64 Å². The number of aryl methyl sites for hydroxylation is 1. The number of hydrogen-bond donors (Lipinski definition) is 1. The lowest BCUT2D eigenvalue weighted by Gasteiger charge is -2.43. The number of aliphatic hydroxyl groups excluding tert-OH is 1. The molecule has 2 aliphatic heterocycles. The lowest BCUT2D eigenvalue weighted by Crippen LogP contribution is -2.46. The van der Waals surface area contributed by atoms with Crippen molar-refractivity contribution in [2.45, 2.75) is 76.4 Å². The van der Waals surface area contributed by atoms with Gasteiger partial charge in [0.05, 0.1) is 11.8 Å². The summed E-state index contributed by atoms with van der Waals surface area (Å²) in [7, 11) is -1.45. The highest BCUT2D eigenvalue weighted by Crippen LogP contribution is 2.48. The molecule has 35 heavy (non-hydrogen) atoms. The normalized spacial score (nSPS) is 23.7. The van der Waals surface area contributed by atoms with Gasteiger partial charge in [-0.15, -0.1) is 5.10 Å². The number of carbonyl (C=O) groups is 1. The predicted octanol–water partition coefficient (Wildman–Crippen LogP) is 4.05. The number of fused-ring (bicyclic) bond motifs is 1. The Balaban J connectivity index is 1.57. The van der Waals surface area contributed by atoms with E-state index < -0.39 is 8.41 Å². The summed E-state index contributed by atoms with van der Waals surface area (Å²) in [4.78, 5) is 14.3. The van der Waals surface area contributed by atoms with Gasteiger partial charge >= 0.3 is 0 Å². The maximum atomic E-state index is 15.7. The smallest absolute Gasteiger partial charge is 0.247 e. The Hall–Kier alpha value is -2.30. The standard InChI is InChI=1S/C25H37FN4O4Si/c1-17-24(33-2)20-15-19(30-12-6-5-7-23(30)32)8-9-21(20)34-25(17)22(35(3,4)26)10-13-29-16-18(11-14-31)27-28-29/h8-9,15-17,22,24-25,31H,5-7,10-14H2,1-4H3/t17-,22?,24-,25-/m1/s1. The minimum Gasteiger partial charge on any atom is -0.490 e. The number of aliphatic hydroxyl groups is 1.